The van der Waals surface area contributed by atoms with E-state index < -0.39 is 41.6 Å². The Bertz CT molecular complexity index is 957. The predicted molar refractivity (Wildman–Crippen MR) is 119 cm³/mol. The summed E-state index contributed by atoms with van der Waals surface area (Å²) >= 11 is 0. The van der Waals surface area contributed by atoms with Gasteiger partial charge in [-0.15, -0.1) is 0 Å². The molecule has 33 heavy (non-hydrogen) atoms. The van der Waals surface area contributed by atoms with E-state index in [9.17, 15) is 24.6 Å². The summed E-state index contributed by atoms with van der Waals surface area (Å²) in [5.74, 6) is -2.72. The van der Waals surface area contributed by atoms with E-state index >= 15 is 0 Å². The lowest BCUT2D eigenvalue weighted by Gasteiger charge is -2.45. The van der Waals surface area contributed by atoms with E-state index in [1.807, 2.05) is 51.1 Å². The molecule has 1 saturated heterocycles. The normalized spacial score (nSPS) is 33.0. The number of hydrogen-bond donors (Lipinski definition) is 3. The number of aliphatic hydroxyl groups is 2. The van der Waals surface area contributed by atoms with Gasteiger partial charge >= 0.3 is 6.09 Å². The van der Waals surface area contributed by atoms with Gasteiger partial charge in [-0.1, -0.05) is 30.3 Å². The molecule has 4 rings (SSSR count). The molecule has 3 amide bonds. The molecule has 3 aliphatic rings. The number of nitrogens with zero attached hydrogens (tertiary/aromatic N) is 2. The zero-order valence-electron chi connectivity index (χ0n) is 19.1. The van der Waals surface area contributed by atoms with Crippen LogP contribution in [-0.4, -0.2) is 56.5 Å². The number of rotatable bonds is 3. The molecule has 3 N–H and O–H groups in total. The molecule has 1 aromatic carbocycles. The molecule has 3 fully saturated rings. The first-order valence-corrected chi connectivity index (χ1v) is 11.4. The van der Waals surface area contributed by atoms with Crippen LogP contribution in [0.15, 0.2) is 35.4 Å². The standard InChI is InChI=1S/C24H31N3O6/c1-24(2,3)27-21(30)15-10-9-14-16(11-17(28)20(29)18(14)19(15)22(27)31)25-26-23(32)33-12-13-7-5-4-6-8-13/h4-8,14-15,17-20,28-29H,9-12H2,1-3H3,(H,26,32)/t14-,15-,17-,18+,19-,20-/m1/s1. The van der Waals surface area contributed by atoms with Crippen molar-refractivity contribution in [3.8, 4) is 0 Å². The van der Waals surface area contributed by atoms with Crippen molar-refractivity contribution in [3.05, 3.63) is 35.9 Å². The lowest BCUT2D eigenvalue weighted by atomic mass is 9.60. The van der Waals surface area contributed by atoms with Gasteiger partial charge in [0.25, 0.3) is 0 Å². The zero-order valence-corrected chi connectivity index (χ0v) is 19.1. The first kappa shape index (κ1) is 23.4. The molecule has 9 heteroatoms. The van der Waals surface area contributed by atoms with Crippen LogP contribution in [0.3, 0.4) is 0 Å². The van der Waals surface area contributed by atoms with Crippen LogP contribution in [0.2, 0.25) is 0 Å². The van der Waals surface area contributed by atoms with Crippen molar-refractivity contribution >= 4 is 23.6 Å². The van der Waals surface area contributed by atoms with Crippen molar-refractivity contribution in [1.82, 2.24) is 10.3 Å². The Morgan fingerprint density at radius 1 is 1.12 bits per heavy atom. The highest BCUT2D eigenvalue weighted by molar-refractivity contribution is 6.06. The Morgan fingerprint density at radius 3 is 2.45 bits per heavy atom. The summed E-state index contributed by atoms with van der Waals surface area (Å²) < 4.78 is 5.18. The number of carbonyl (C=O) groups excluding carboxylic acids is 3. The van der Waals surface area contributed by atoms with Crippen molar-refractivity contribution < 1.29 is 29.3 Å². The van der Waals surface area contributed by atoms with E-state index in [0.29, 0.717) is 18.6 Å². The number of hydrogen-bond acceptors (Lipinski definition) is 7. The second kappa shape index (κ2) is 8.87. The number of hydrazone groups is 1. The number of aliphatic hydroxyl groups excluding tert-OH is 2. The van der Waals surface area contributed by atoms with E-state index in [2.05, 4.69) is 10.5 Å². The highest BCUT2D eigenvalue weighted by Gasteiger charge is 2.61. The van der Waals surface area contributed by atoms with Crippen LogP contribution in [0.1, 0.15) is 45.6 Å². The monoisotopic (exact) mass is 457 g/mol. The maximum Gasteiger partial charge on any atom is 0.428 e. The smallest absolute Gasteiger partial charge is 0.428 e. The Morgan fingerprint density at radius 2 is 1.79 bits per heavy atom. The molecule has 0 spiro atoms. The van der Waals surface area contributed by atoms with E-state index in [-0.39, 0.29) is 30.8 Å². The number of imide groups is 1. The van der Waals surface area contributed by atoms with Crippen LogP contribution >= 0.6 is 0 Å². The summed E-state index contributed by atoms with van der Waals surface area (Å²) in [5.41, 5.74) is 3.05. The van der Waals surface area contributed by atoms with Crippen molar-refractivity contribution in [3.63, 3.8) is 0 Å². The third-order valence-corrected chi connectivity index (χ3v) is 6.95. The topological polar surface area (TPSA) is 129 Å². The molecule has 0 bridgehead atoms. The zero-order chi connectivity index (χ0) is 23.9. The number of amides is 3. The fourth-order valence-electron chi connectivity index (χ4n) is 5.53. The average Bonchev–Trinajstić information content (AvgIpc) is 3.04. The van der Waals surface area contributed by atoms with E-state index in [1.165, 1.54) is 4.90 Å². The van der Waals surface area contributed by atoms with Gasteiger partial charge in [-0.2, -0.15) is 5.10 Å². The molecule has 1 heterocycles. The van der Waals surface area contributed by atoms with Crippen LogP contribution in [-0.2, 0) is 20.9 Å². The maximum absolute atomic E-state index is 13.3. The van der Waals surface area contributed by atoms with Gasteiger partial charge in [0.05, 0.1) is 24.0 Å². The molecule has 0 unspecified atom stereocenters. The van der Waals surface area contributed by atoms with Crippen LogP contribution in [0, 0.1) is 23.7 Å². The second-order valence-corrected chi connectivity index (χ2v) is 10.1. The SMILES string of the molecule is CC(C)(C)N1C(=O)[C@H]2[C@H]3[C@H](O)[C@H](O)CC(=NNC(=O)OCc4ccccc4)[C@H]3CC[C@H]2C1=O. The molecule has 9 nitrogen and oxygen atoms in total. The third-order valence-electron chi connectivity index (χ3n) is 6.95. The first-order chi connectivity index (χ1) is 15.6. The minimum atomic E-state index is -1.15. The van der Waals surface area contributed by atoms with Crippen LogP contribution in [0.25, 0.3) is 0 Å². The average molecular weight is 458 g/mol. The summed E-state index contributed by atoms with van der Waals surface area (Å²) in [4.78, 5) is 39.7. The molecular formula is C24H31N3O6. The highest BCUT2D eigenvalue weighted by atomic mass is 16.6. The Balaban J connectivity index is 1.50. The predicted octanol–water partition coefficient (Wildman–Crippen LogP) is 1.82. The van der Waals surface area contributed by atoms with Gasteiger partial charge in [0.15, 0.2) is 0 Å². The molecule has 2 aliphatic carbocycles. The van der Waals surface area contributed by atoms with Crippen LogP contribution in [0.5, 0.6) is 0 Å². The van der Waals surface area contributed by atoms with Gasteiger partial charge in [-0.3, -0.25) is 14.5 Å². The van der Waals surface area contributed by atoms with E-state index in [1.54, 1.807) is 0 Å². The fourth-order valence-corrected chi connectivity index (χ4v) is 5.53. The second-order valence-electron chi connectivity index (χ2n) is 10.1. The minimum Gasteiger partial charge on any atom is -0.443 e. The van der Waals surface area contributed by atoms with Gasteiger partial charge in [0.1, 0.15) is 6.61 Å². The summed E-state index contributed by atoms with van der Waals surface area (Å²) in [5, 5.41) is 25.5. The quantitative estimate of drug-likeness (QED) is 0.469. The molecule has 178 valence electrons. The lowest BCUT2D eigenvalue weighted by molar-refractivity contribution is -0.146. The minimum absolute atomic E-state index is 0.0732. The van der Waals surface area contributed by atoms with E-state index in [4.69, 9.17) is 4.74 Å². The molecule has 0 radical (unpaired) electrons. The van der Waals surface area contributed by atoms with Gasteiger partial charge in [-0.05, 0) is 39.2 Å². The number of carbonyl (C=O) groups is 3. The summed E-state index contributed by atoms with van der Waals surface area (Å²) in [6, 6.07) is 9.23. The number of benzene rings is 1. The highest BCUT2D eigenvalue weighted by Crippen LogP contribution is 2.50. The number of fused-ring (bicyclic) bond motifs is 3. The van der Waals surface area contributed by atoms with Crippen molar-refractivity contribution in [2.24, 2.45) is 28.8 Å². The summed E-state index contributed by atoms with van der Waals surface area (Å²) in [6.45, 7) is 5.51. The first-order valence-electron chi connectivity index (χ1n) is 11.4. The molecule has 0 aromatic heterocycles. The third kappa shape index (κ3) is 4.39. The van der Waals surface area contributed by atoms with E-state index in [0.717, 1.165) is 5.56 Å². The number of nitrogens with one attached hydrogen (secondary N) is 1. The van der Waals surface area contributed by atoms with Gasteiger partial charge in [0.2, 0.25) is 11.8 Å². The number of likely N-dealkylation sites (tertiary alicyclic amines) is 1. The van der Waals surface area contributed by atoms with Crippen molar-refractivity contribution in [2.45, 2.75) is 64.4 Å². The van der Waals surface area contributed by atoms with Gasteiger partial charge < -0.3 is 14.9 Å². The summed E-state index contributed by atoms with van der Waals surface area (Å²) in [6.07, 6.45) is -1.93. The fraction of sp³-hybridized carbons (Fsp3) is 0.583. The van der Waals surface area contributed by atoms with Crippen LogP contribution < -0.4 is 5.43 Å². The molecular weight excluding hydrogens is 426 g/mol. The summed E-state index contributed by atoms with van der Waals surface area (Å²) in [7, 11) is 0. The maximum atomic E-state index is 13.3. The molecule has 6 atom stereocenters. The van der Waals surface area contributed by atoms with Crippen molar-refractivity contribution in [2.75, 3.05) is 0 Å². The molecule has 2 saturated carbocycles. The molecule has 1 aromatic rings. The lowest BCUT2D eigenvalue weighted by Crippen LogP contribution is -2.55. The Labute approximate surface area is 192 Å². The van der Waals surface area contributed by atoms with Crippen LogP contribution in [0.4, 0.5) is 4.79 Å². The van der Waals surface area contributed by atoms with Crippen molar-refractivity contribution in [1.29, 1.82) is 0 Å². The Kier molecular flexibility index (Phi) is 6.28. The largest absolute Gasteiger partial charge is 0.443 e. The van der Waals surface area contributed by atoms with Gasteiger partial charge in [-0.25, -0.2) is 10.2 Å². The Hall–Kier alpha value is -2.78. The molecule has 1 aliphatic heterocycles. The van der Waals surface area contributed by atoms with Gasteiger partial charge in [0, 0.05) is 29.5 Å². The number of ether oxygens (including phenoxy) is 1.